The molecule has 7 nitrogen and oxygen atoms in total. The van der Waals surface area contributed by atoms with Crippen molar-refractivity contribution in [3.05, 3.63) is 72.1 Å². The third kappa shape index (κ3) is 5.22. The third-order valence-electron chi connectivity index (χ3n) is 4.19. The Balaban J connectivity index is 1.66. The molecule has 0 saturated heterocycles. The first-order valence-corrected chi connectivity index (χ1v) is 9.53. The Morgan fingerprint density at radius 3 is 2.17 bits per heavy atom. The molecule has 0 aliphatic carbocycles. The zero-order valence-electron chi connectivity index (χ0n) is 16.2. The van der Waals surface area contributed by atoms with Gasteiger partial charge < -0.3 is 19.5 Å². The number of hydrogen-bond acceptors (Lipinski definition) is 7. The normalized spacial score (nSPS) is 14.5. The zero-order valence-corrected chi connectivity index (χ0v) is 16.2. The summed E-state index contributed by atoms with van der Waals surface area (Å²) in [5.74, 6) is 2.65. The number of aromatic nitrogens is 3. The second-order valence-electron chi connectivity index (χ2n) is 6.35. The van der Waals surface area contributed by atoms with E-state index in [0.717, 1.165) is 22.7 Å². The summed E-state index contributed by atoms with van der Waals surface area (Å²) in [6, 6.07) is 15.8. The minimum absolute atomic E-state index is 0.303. The highest BCUT2D eigenvalue weighted by molar-refractivity contribution is 5.54. The standard InChI is InChI=1S/C22H22N4O3/c1-2-27-22-25-20-15-16-5-9-18(10-6-16)28-13-3-4-14-29-19-11-7-17(8-12-19)23-21(24-20)26-22/h3-12H,2,13-15H2,1H3,(H,23,24,25,26)/b4-3+. The molecule has 3 aromatic rings. The molecule has 4 aliphatic rings. The lowest BCUT2D eigenvalue weighted by Gasteiger charge is -2.10. The van der Waals surface area contributed by atoms with Crippen molar-refractivity contribution < 1.29 is 14.2 Å². The Morgan fingerprint density at radius 2 is 1.52 bits per heavy atom. The van der Waals surface area contributed by atoms with Crippen LogP contribution in [0.15, 0.2) is 60.7 Å². The summed E-state index contributed by atoms with van der Waals surface area (Å²) in [4.78, 5) is 13.3. The first-order chi connectivity index (χ1) is 14.3. The Bertz CT molecular complexity index is 899. The van der Waals surface area contributed by atoms with Crippen LogP contribution in [0.1, 0.15) is 18.3 Å². The monoisotopic (exact) mass is 390 g/mol. The van der Waals surface area contributed by atoms with Gasteiger partial charge in [-0.3, -0.25) is 0 Å². The van der Waals surface area contributed by atoms with Gasteiger partial charge in [-0.25, -0.2) is 0 Å². The number of ether oxygens (including phenoxy) is 3. The second kappa shape index (κ2) is 9.05. The number of anilines is 2. The van der Waals surface area contributed by atoms with Gasteiger partial charge in [0.1, 0.15) is 30.5 Å². The van der Waals surface area contributed by atoms with Crippen molar-refractivity contribution in [3.63, 3.8) is 0 Å². The summed E-state index contributed by atoms with van der Waals surface area (Å²) in [5.41, 5.74) is 1.92. The van der Waals surface area contributed by atoms with E-state index in [-0.39, 0.29) is 0 Å². The van der Waals surface area contributed by atoms with Gasteiger partial charge in [0.25, 0.3) is 0 Å². The third-order valence-corrected chi connectivity index (χ3v) is 4.19. The Kier molecular flexibility index (Phi) is 5.85. The van der Waals surface area contributed by atoms with Crippen LogP contribution in [0.4, 0.5) is 11.6 Å². The van der Waals surface area contributed by atoms with Crippen LogP contribution >= 0.6 is 0 Å². The molecule has 4 aliphatic heterocycles. The molecular weight excluding hydrogens is 368 g/mol. The highest BCUT2D eigenvalue weighted by Crippen LogP contribution is 2.21. The smallest absolute Gasteiger partial charge is 0.321 e. The van der Waals surface area contributed by atoms with Crippen LogP contribution in [-0.4, -0.2) is 34.8 Å². The van der Waals surface area contributed by atoms with Crippen molar-refractivity contribution >= 4 is 11.6 Å². The number of rotatable bonds is 2. The van der Waals surface area contributed by atoms with Crippen LogP contribution in [0.3, 0.4) is 0 Å². The average molecular weight is 390 g/mol. The van der Waals surface area contributed by atoms with Gasteiger partial charge in [0.15, 0.2) is 0 Å². The van der Waals surface area contributed by atoms with Crippen LogP contribution in [0.5, 0.6) is 17.5 Å². The summed E-state index contributed by atoms with van der Waals surface area (Å²) >= 11 is 0. The van der Waals surface area contributed by atoms with Crippen molar-refractivity contribution in [2.75, 3.05) is 25.1 Å². The molecule has 0 fully saturated rings. The van der Waals surface area contributed by atoms with Gasteiger partial charge in [-0.15, -0.1) is 0 Å². The molecule has 0 saturated carbocycles. The van der Waals surface area contributed by atoms with E-state index in [4.69, 9.17) is 14.2 Å². The molecule has 29 heavy (non-hydrogen) atoms. The van der Waals surface area contributed by atoms with Gasteiger partial charge in [-0.05, 0) is 61.0 Å². The number of nitrogens with zero attached hydrogens (tertiary/aromatic N) is 3. The summed E-state index contributed by atoms with van der Waals surface area (Å²) in [6.07, 6.45) is 4.44. The first-order valence-electron chi connectivity index (χ1n) is 9.53. The zero-order chi connectivity index (χ0) is 19.9. The molecule has 0 unspecified atom stereocenters. The molecule has 5 heterocycles. The Morgan fingerprint density at radius 1 is 0.862 bits per heavy atom. The van der Waals surface area contributed by atoms with E-state index >= 15 is 0 Å². The van der Waals surface area contributed by atoms with Gasteiger partial charge in [0, 0.05) is 12.1 Å². The molecule has 1 aromatic heterocycles. The number of hydrogen-bond donors (Lipinski definition) is 1. The van der Waals surface area contributed by atoms with Gasteiger partial charge in [-0.2, -0.15) is 15.0 Å². The average Bonchev–Trinajstić information content (AvgIpc) is 2.73. The SMILES string of the molecule is CCOc1nc2nc(n1)Nc1ccc(cc1)OC/C=C/COc1ccc(cc1)C2. The maximum Gasteiger partial charge on any atom is 0.321 e. The second-order valence-corrected chi connectivity index (χ2v) is 6.35. The van der Waals surface area contributed by atoms with Crippen molar-refractivity contribution in [2.24, 2.45) is 0 Å². The lowest BCUT2D eigenvalue weighted by atomic mass is 10.1. The lowest BCUT2D eigenvalue weighted by Crippen LogP contribution is -2.07. The van der Waals surface area contributed by atoms with E-state index in [0.29, 0.717) is 44.0 Å². The molecule has 148 valence electrons. The minimum Gasteiger partial charge on any atom is -0.490 e. The number of benzene rings is 2. The van der Waals surface area contributed by atoms with E-state index in [1.807, 2.05) is 67.6 Å². The van der Waals surface area contributed by atoms with Gasteiger partial charge in [0.2, 0.25) is 5.95 Å². The molecule has 0 amide bonds. The Hall–Kier alpha value is -3.61. The molecule has 0 atom stereocenters. The number of nitrogens with one attached hydrogen (secondary N) is 1. The van der Waals surface area contributed by atoms with E-state index in [1.165, 1.54) is 0 Å². The fourth-order valence-electron chi connectivity index (χ4n) is 2.80. The van der Waals surface area contributed by atoms with Crippen molar-refractivity contribution in [1.29, 1.82) is 0 Å². The van der Waals surface area contributed by atoms with Gasteiger partial charge >= 0.3 is 6.01 Å². The molecule has 7 rings (SSSR count). The van der Waals surface area contributed by atoms with Crippen LogP contribution < -0.4 is 19.5 Å². The molecule has 0 spiro atoms. The predicted molar refractivity (Wildman–Crippen MR) is 110 cm³/mol. The molecule has 7 heteroatoms. The molecule has 1 N–H and O–H groups in total. The fourth-order valence-corrected chi connectivity index (χ4v) is 2.80. The fraction of sp³-hybridized carbons (Fsp3) is 0.227. The van der Waals surface area contributed by atoms with Crippen LogP contribution in [0.2, 0.25) is 0 Å². The van der Waals surface area contributed by atoms with Crippen molar-refractivity contribution in [1.82, 2.24) is 15.0 Å². The lowest BCUT2D eigenvalue weighted by molar-refractivity contribution is 0.310. The summed E-state index contributed by atoms with van der Waals surface area (Å²) in [5, 5.41) is 3.21. The minimum atomic E-state index is 0.303. The highest BCUT2D eigenvalue weighted by atomic mass is 16.5. The largest absolute Gasteiger partial charge is 0.490 e. The quantitative estimate of drug-likeness (QED) is 0.664. The topological polar surface area (TPSA) is 78.4 Å². The van der Waals surface area contributed by atoms with Crippen LogP contribution in [-0.2, 0) is 6.42 Å². The van der Waals surface area contributed by atoms with E-state index in [2.05, 4.69) is 20.3 Å². The van der Waals surface area contributed by atoms with E-state index < -0.39 is 0 Å². The highest BCUT2D eigenvalue weighted by Gasteiger charge is 2.09. The molecule has 6 bridgehead atoms. The molecular formula is C22H22N4O3. The van der Waals surface area contributed by atoms with E-state index in [9.17, 15) is 0 Å². The summed E-state index contributed by atoms with van der Waals surface area (Å²) in [6.45, 7) is 3.34. The Labute approximate surface area is 169 Å². The molecule has 0 radical (unpaired) electrons. The van der Waals surface area contributed by atoms with Crippen LogP contribution in [0, 0.1) is 0 Å². The van der Waals surface area contributed by atoms with Crippen molar-refractivity contribution in [2.45, 2.75) is 13.3 Å². The maximum absolute atomic E-state index is 5.73. The van der Waals surface area contributed by atoms with Crippen molar-refractivity contribution in [3.8, 4) is 17.5 Å². The van der Waals surface area contributed by atoms with Gasteiger partial charge in [0.05, 0.1) is 6.61 Å². The first kappa shape index (κ1) is 18.7. The predicted octanol–water partition coefficient (Wildman–Crippen LogP) is 3.93. The maximum atomic E-state index is 5.73. The summed E-state index contributed by atoms with van der Waals surface area (Å²) in [7, 11) is 0. The summed E-state index contributed by atoms with van der Waals surface area (Å²) < 4.78 is 17.0. The molecule has 2 aromatic carbocycles. The van der Waals surface area contributed by atoms with Crippen LogP contribution in [0.25, 0.3) is 0 Å². The van der Waals surface area contributed by atoms with Gasteiger partial charge in [-0.1, -0.05) is 12.1 Å². The van der Waals surface area contributed by atoms with E-state index in [1.54, 1.807) is 0 Å².